The van der Waals surface area contributed by atoms with Gasteiger partial charge in [0.25, 0.3) is 5.91 Å². The number of carbonyl (C=O) groups excluding carboxylic acids is 1. The summed E-state index contributed by atoms with van der Waals surface area (Å²) in [5, 5.41) is 3.92. The smallest absolute Gasteiger partial charge is 0.267 e. The molecule has 1 saturated heterocycles. The Morgan fingerprint density at radius 3 is 2.46 bits per heavy atom. The third-order valence-electron chi connectivity index (χ3n) is 4.01. The first-order valence-electron chi connectivity index (χ1n) is 7.82. The van der Waals surface area contributed by atoms with Crippen molar-refractivity contribution in [2.24, 2.45) is 0 Å². The molecule has 0 bridgehead atoms. The van der Waals surface area contributed by atoms with Gasteiger partial charge in [-0.15, -0.1) is 5.10 Å². The van der Waals surface area contributed by atoms with Crippen molar-refractivity contribution in [3.63, 3.8) is 0 Å². The molecular weight excluding hydrogens is 326 g/mol. The topological polar surface area (TPSA) is 78.4 Å². The highest BCUT2D eigenvalue weighted by Gasteiger charge is 2.25. The molecule has 3 rings (SSSR count). The number of rotatable bonds is 3. The minimum Gasteiger partial charge on any atom is -0.363 e. The van der Waals surface area contributed by atoms with Gasteiger partial charge in [-0.25, -0.2) is 9.97 Å². The Morgan fingerprint density at radius 2 is 1.88 bits per heavy atom. The summed E-state index contributed by atoms with van der Waals surface area (Å²) in [5.41, 5.74) is 0.703. The van der Waals surface area contributed by atoms with Crippen molar-refractivity contribution in [1.82, 2.24) is 24.5 Å². The zero-order valence-corrected chi connectivity index (χ0v) is 15.2. The van der Waals surface area contributed by atoms with Crippen molar-refractivity contribution < 1.29 is 4.79 Å². The average molecular weight is 347 g/mol. The molecule has 2 aromatic heterocycles. The standard InChI is InChI=1S/C15H21N7OS/c1-10-14(24-19-18-10)15(23)22-7-5-21(6-8-22)13-9-12(20(3)4)16-11(2)17-13/h9H,5-8H2,1-4H3. The Hall–Kier alpha value is -2.29. The van der Waals surface area contributed by atoms with E-state index in [2.05, 4.69) is 24.5 Å². The third-order valence-corrected chi connectivity index (χ3v) is 4.82. The predicted octanol–water partition coefficient (Wildman–Crippen LogP) is 0.973. The average Bonchev–Trinajstić information content (AvgIpc) is 2.99. The van der Waals surface area contributed by atoms with Crippen LogP contribution in [0.1, 0.15) is 21.2 Å². The van der Waals surface area contributed by atoms with E-state index in [1.165, 1.54) is 0 Å². The van der Waals surface area contributed by atoms with Crippen LogP contribution in [0.3, 0.4) is 0 Å². The maximum Gasteiger partial charge on any atom is 0.267 e. The van der Waals surface area contributed by atoms with Crippen LogP contribution in [0, 0.1) is 13.8 Å². The van der Waals surface area contributed by atoms with Gasteiger partial charge in [-0.3, -0.25) is 4.79 Å². The Kier molecular flexibility index (Phi) is 4.61. The van der Waals surface area contributed by atoms with Crippen molar-refractivity contribution in [2.75, 3.05) is 50.1 Å². The van der Waals surface area contributed by atoms with Gasteiger partial charge in [-0.2, -0.15) is 0 Å². The molecule has 1 aliphatic rings. The van der Waals surface area contributed by atoms with E-state index in [1.807, 2.05) is 43.8 Å². The molecule has 1 aliphatic heterocycles. The van der Waals surface area contributed by atoms with E-state index >= 15 is 0 Å². The number of anilines is 2. The van der Waals surface area contributed by atoms with Crippen LogP contribution in [0.15, 0.2) is 6.07 Å². The number of hydrogen-bond acceptors (Lipinski definition) is 8. The second kappa shape index (κ2) is 6.68. The van der Waals surface area contributed by atoms with E-state index in [0.717, 1.165) is 42.1 Å². The van der Waals surface area contributed by atoms with Gasteiger partial charge < -0.3 is 14.7 Å². The van der Waals surface area contributed by atoms with E-state index in [0.29, 0.717) is 23.7 Å². The summed E-state index contributed by atoms with van der Waals surface area (Å²) < 4.78 is 3.85. The van der Waals surface area contributed by atoms with Gasteiger partial charge in [-0.1, -0.05) is 4.49 Å². The largest absolute Gasteiger partial charge is 0.363 e. The van der Waals surface area contributed by atoms with Crippen molar-refractivity contribution >= 4 is 29.1 Å². The summed E-state index contributed by atoms with van der Waals surface area (Å²) in [6.45, 7) is 6.54. The zero-order chi connectivity index (χ0) is 17.3. The molecule has 24 heavy (non-hydrogen) atoms. The Bertz CT molecular complexity index is 737. The summed E-state index contributed by atoms with van der Waals surface area (Å²) in [6, 6.07) is 1.99. The van der Waals surface area contributed by atoms with Crippen molar-refractivity contribution in [3.8, 4) is 0 Å². The van der Waals surface area contributed by atoms with Gasteiger partial charge in [0.2, 0.25) is 0 Å². The van der Waals surface area contributed by atoms with Gasteiger partial charge in [0.15, 0.2) is 0 Å². The maximum atomic E-state index is 12.5. The molecular formula is C15H21N7OS. The number of aryl methyl sites for hydroxylation is 2. The lowest BCUT2D eigenvalue weighted by Crippen LogP contribution is -2.49. The van der Waals surface area contributed by atoms with Crippen LogP contribution < -0.4 is 9.80 Å². The molecule has 1 fully saturated rings. The normalized spacial score (nSPS) is 14.8. The molecule has 0 atom stereocenters. The second-order valence-electron chi connectivity index (χ2n) is 5.99. The van der Waals surface area contributed by atoms with Crippen LogP contribution in [0.2, 0.25) is 0 Å². The van der Waals surface area contributed by atoms with Gasteiger partial charge in [0.05, 0.1) is 5.69 Å². The monoisotopic (exact) mass is 347 g/mol. The van der Waals surface area contributed by atoms with Crippen molar-refractivity contribution in [3.05, 3.63) is 22.5 Å². The van der Waals surface area contributed by atoms with Gasteiger partial charge in [0.1, 0.15) is 22.3 Å². The highest BCUT2D eigenvalue weighted by Crippen LogP contribution is 2.20. The van der Waals surface area contributed by atoms with E-state index < -0.39 is 0 Å². The first kappa shape index (κ1) is 16.6. The number of hydrogen-bond donors (Lipinski definition) is 0. The summed E-state index contributed by atoms with van der Waals surface area (Å²) in [7, 11) is 3.93. The second-order valence-corrected chi connectivity index (χ2v) is 6.75. The minimum atomic E-state index is 0.0231. The Morgan fingerprint density at radius 1 is 1.17 bits per heavy atom. The lowest BCUT2D eigenvalue weighted by Gasteiger charge is -2.35. The van der Waals surface area contributed by atoms with Gasteiger partial charge in [-0.05, 0) is 25.4 Å². The van der Waals surface area contributed by atoms with E-state index in [-0.39, 0.29) is 5.91 Å². The lowest BCUT2D eigenvalue weighted by atomic mass is 10.2. The Balaban J connectivity index is 1.69. The molecule has 0 spiro atoms. The fraction of sp³-hybridized carbons (Fsp3) is 0.533. The molecule has 8 nitrogen and oxygen atoms in total. The fourth-order valence-corrected chi connectivity index (χ4v) is 3.26. The quantitative estimate of drug-likeness (QED) is 0.819. The zero-order valence-electron chi connectivity index (χ0n) is 14.4. The first-order valence-corrected chi connectivity index (χ1v) is 8.59. The molecule has 3 heterocycles. The highest BCUT2D eigenvalue weighted by molar-refractivity contribution is 7.07. The molecule has 0 unspecified atom stereocenters. The summed E-state index contributed by atoms with van der Waals surface area (Å²) in [4.78, 5) is 28.2. The number of nitrogens with zero attached hydrogens (tertiary/aromatic N) is 7. The van der Waals surface area contributed by atoms with Crippen molar-refractivity contribution in [2.45, 2.75) is 13.8 Å². The van der Waals surface area contributed by atoms with E-state index in [1.54, 1.807) is 0 Å². The number of piperazine rings is 1. The molecule has 0 N–H and O–H groups in total. The molecule has 2 aromatic rings. The molecule has 0 radical (unpaired) electrons. The predicted molar refractivity (Wildman–Crippen MR) is 93.9 cm³/mol. The number of aromatic nitrogens is 4. The SMILES string of the molecule is Cc1nc(N(C)C)cc(N2CCN(C(=O)c3snnc3C)CC2)n1. The molecule has 128 valence electrons. The molecule has 1 amide bonds. The molecule has 0 aromatic carbocycles. The van der Waals surface area contributed by atoms with Crippen LogP contribution in [0.4, 0.5) is 11.6 Å². The Labute approximate surface area is 145 Å². The van der Waals surface area contributed by atoms with Crippen LogP contribution in [0.25, 0.3) is 0 Å². The van der Waals surface area contributed by atoms with Gasteiger partial charge >= 0.3 is 0 Å². The van der Waals surface area contributed by atoms with Crippen molar-refractivity contribution in [1.29, 1.82) is 0 Å². The van der Waals surface area contributed by atoms with Crippen LogP contribution in [-0.4, -0.2) is 70.6 Å². The fourth-order valence-electron chi connectivity index (χ4n) is 2.64. The summed E-state index contributed by atoms with van der Waals surface area (Å²) in [6.07, 6.45) is 0. The molecule has 0 saturated carbocycles. The summed E-state index contributed by atoms with van der Waals surface area (Å²) in [5.74, 6) is 2.58. The first-order chi connectivity index (χ1) is 11.5. The van der Waals surface area contributed by atoms with E-state index in [4.69, 9.17) is 0 Å². The maximum absolute atomic E-state index is 12.5. The minimum absolute atomic E-state index is 0.0231. The van der Waals surface area contributed by atoms with Crippen LogP contribution in [-0.2, 0) is 0 Å². The van der Waals surface area contributed by atoms with E-state index in [9.17, 15) is 4.79 Å². The van der Waals surface area contributed by atoms with Crippen LogP contribution >= 0.6 is 11.5 Å². The third kappa shape index (κ3) is 3.30. The number of carbonyl (C=O) groups is 1. The molecule has 0 aliphatic carbocycles. The van der Waals surface area contributed by atoms with Gasteiger partial charge in [0, 0.05) is 46.3 Å². The number of amides is 1. The lowest BCUT2D eigenvalue weighted by molar-refractivity contribution is 0.0750. The molecule has 9 heteroatoms. The highest BCUT2D eigenvalue weighted by atomic mass is 32.1. The summed E-state index contributed by atoms with van der Waals surface area (Å²) >= 11 is 1.16. The van der Waals surface area contributed by atoms with Crippen LogP contribution in [0.5, 0.6) is 0 Å².